The van der Waals surface area contributed by atoms with Gasteiger partial charge in [0.25, 0.3) is 0 Å². The van der Waals surface area contributed by atoms with E-state index in [4.69, 9.17) is 0 Å². The van der Waals surface area contributed by atoms with Gasteiger partial charge in [-0.1, -0.05) is 0 Å². The topological polar surface area (TPSA) is 29.1 Å². The molecule has 1 aliphatic rings. The molecule has 1 N–H and O–H groups in total. The van der Waals surface area contributed by atoms with Crippen molar-refractivity contribution in [3.8, 4) is 0 Å². The molecule has 0 bridgehead atoms. The predicted octanol–water partition coefficient (Wildman–Crippen LogP) is 6.20. The van der Waals surface area contributed by atoms with Crippen molar-refractivity contribution >= 4 is 34.8 Å². The van der Waals surface area contributed by atoms with Crippen LogP contribution < -0.4 is 21.2 Å². The number of nitrogens with one attached hydrogen (secondary N) is 1. The van der Waals surface area contributed by atoms with Gasteiger partial charge in [0.2, 0.25) is 0 Å². The third kappa shape index (κ3) is 3.81. The minimum absolute atomic E-state index is 0.169. The molecule has 0 heterocycles. The van der Waals surface area contributed by atoms with E-state index in [1.807, 2.05) is 0 Å². The van der Waals surface area contributed by atoms with Crippen LogP contribution in [0.1, 0.15) is 36.0 Å². The Morgan fingerprint density at radius 3 is 1.43 bits per heavy atom. The maximum atomic E-state index is 14.6. The summed E-state index contributed by atoms with van der Waals surface area (Å²) in [6, 6.07) is 36.8. The monoisotopic (exact) mass is 479 g/mol. The van der Waals surface area contributed by atoms with Crippen LogP contribution in [0.25, 0.3) is 0 Å². The predicted molar refractivity (Wildman–Crippen MR) is 152 cm³/mol. The van der Waals surface area contributed by atoms with Crippen LogP contribution in [0.4, 0.5) is 5.69 Å². The fourth-order valence-electron chi connectivity index (χ4n) is 6.31. The first-order valence-electron chi connectivity index (χ1n) is 12.5. The van der Waals surface area contributed by atoms with Crippen molar-refractivity contribution < 1.29 is 4.79 Å². The number of anilines is 1. The summed E-state index contributed by atoms with van der Waals surface area (Å²) in [5.74, 6) is 0.169. The molecular weight excluding hydrogens is 445 g/mol. The fraction of sp³-hybridized carbons (Fsp3) is 0.219. The molecule has 178 valence electrons. The van der Waals surface area contributed by atoms with Gasteiger partial charge in [-0.15, -0.1) is 0 Å². The number of benzene rings is 4. The molecule has 0 aromatic heterocycles. The SMILES string of the molecule is Cc1cc(C)c(NC(=O)C2([PH](c3ccccc3)(c3ccccc3)c3ccccc3)CCC2)c(C)c1. The van der Waals surface area contributed by atoms with Crippen molar-refractivity contribution in [3.05, 3.63) is 120 Å². The van der Waals surface area contributed by atoms with Gasteiger partial charge in [-0.2, -0.15) is 0 Å². The summed E-state index contributed by atoms with van der Waals surface area (Å²) in [6.45, 7) is 6.30. The van der Waals surface area contributed by atoms with E-state index in [-0.39, 0.29) is 5.91 Å². The zero-order chi connectivity index (χ0) is 24.5. The Balaban J connectivity index is 1.77. The van der Waals surface area contributed by atoms with Crippen molar-refractivity contribution in [1.82, 2.24) is 0 Å². The summed E-state index contributed by atoms with van der Waals surface area (Å²) in [5.41, 5.74) is 4.43. The third-order valence-electron chi connectivity index (χ3n) is 7.90. The molecular formula is C32H34NOP. The van der Waals surface area contributed by atoms with Crippen LogP contribution in [0.15, 0.2) is 103 Å². The quantitative estimate of drug-likeness (QED) is 0.328. The number of rotatable bonds is 6. The number of carbonyl (C=O) groups is 1. The Labute approximate surface area is 209 Å². The molecule has 0 atom stereocenters. The number of aryl methyl sites for hydroxylation is 3. The molecule has 1 fully saturated rings. The van der Waals surface area contributed by atoms with Crippen LogP contribution in [0.2, 0.25) is 0 Å². The molecule has 4 aromatic rings. The Morgan fingerprint density at radius 1 is 0.686 bits per heavy atom. The molecule has 4 aromatic carbocycles. The molecule has 3 heteroatoms. The van der Waals surface area contributed by atoms with Gasteiger partial charge >= 0.3 is 210 Å². The second kappa shape index (κ2) is 9.44. The standard InChI is InChI=1S/C32H34NOP/c1-24-22-25(2)30(26(3)23-24)33-31(34)32(20-13-21-32)35(27-14-7-4-8-15-27,28-16-9-5-10-17-28)29-18-11-6-12-19-29/h4-12,14-19,22-23,35H,13,20-21H2,1-3H3,(H,33,34). The van der Waals surface area contributed by atoms with Gasteiger partial charge in [0.05, 0.1) is 0 Å². The van der Waals surface area contributed by atoms with Crippen LogP contribution >= 0.6 is 7.26 Å². The molecule has 0 saturated heterocycles. The summed E-state index contributed by atoms with van der Waals surface area (Å²) in [6.07, 6.45) is 2.86. The number of hydrogen-bond donors (Lipinski definition) is 1. The first-order valence-corrected chi connectivity index (χ1v) is 14.5. The average molecular weight is 480 g/mol. The summed E-state index contributed by atoms with van der Waals surface area (Å²) in [7, 11) is -2.77. The van der Waals surface area contributed by atoms with Crippen molar-refractivity contribution in [2.75, 3.05) is 5.32 Å². The van der Waals surface area contributed by atoms with Crippen molar-refractivity contribution in [1.29, 1.82) is 0 Å². The number of amides is 1. The second-order valence-corrected chi connectivity index (χ2v) is 14.2. The van der Waals surface area contributed by atoms with E-state index in [0.29, 0.717) is 0 Å². The summed E-state index contributed by atoms with van der Waals surface area (Å²) in [4.78, 5) is 14.6. The Bertz CT molecular complexity index is 1210. The molecule has 0 radical (unpaired) electrons. The van der Waals surface area contributed by atoms with Gasteiger partial charge in [-0.25, -0.2) is 0 Å². The molecule has 0 spiro atoms. The summed E-state index contributed by atoms with van der Waals surface area (Å²) in [5, 5.41) is 6.88. The van der Waals surface area contributed by atoms with Crippen LogP contribution in [-0.4, -0.2) is 11.1 Å². The number of hydrogen-bond acceptors (Lipinski definition) is 1. The molecule has 0 unspecified atom stereocenters. The average Bonchev–Trinajstić information content (AvgIpc) is 2.85. The third-order valence-corrected chi connectivity index (χ3v) is 13.7. The molecule has 5 rings (SSSR count). The summed E-state index contributed by atoms with van der Waals surface area (Å²) >= 11 is 0. The Kier molecular flexibility index (Phi) is 6.34. The van der Waals surface area contributed by atoms with Crippen molar-refractivity contribution in [3.63, 3.8) is 0 Å². The minimum atomic E-state index is -2.77. The van der Waals surface area contributed by atoms with E-state index >= 15 is 0 Å². The van der Waals surface area contributed by atoms with E-state index in [9.17, 15) is 4.79 Å². The van der Waals surface area contributed by atoms with Gasteiger partial charge in [0, 0.05) is 0 Å². The van der Waals surface area contributed by atoms with Crippen molar-refractivity contribution in [2.45, 2.75) is 45.2 Å². The van der Waals surface area contributed by atoms with E-state index < -0.39 is 12.4 Å². The first-order chi connectivity index (χ1) is 17.0. The molecule has 2 nitrogen and oxygen atoms in total. The maximum absolute atomic E-state index is 14.6. The van der Waals surface area contributed by atoms with Crippen LogP contribution in [0.5, 0.6) is 0 Å². The van der Waals surface area contributed by atoms with Gasteiger partial charge in [-0.3, -0.25) is 0 Å². The van der Waals surface area contributed by atoms with E-state index in [1.54, 1.807) is 0 Å². The molecule has 1 amide bonds. The molecule has 1 aliphatic carbocycles. The first kappa shape index (κ1) is 23.5. The van der Waals surface area contributed by atoms with Crippen LogP contribution in [-0.2, 0) is 4.79 Å². The van der Waals surface area contributed by atoms with Gasteiger partial charge in [0.15, 0.2) is 0 Å². The fourth-order valence-corrected chi connectivity index (χ4v) is 12.5. The molecule has 1 saturated carbocycles. The summed E-state index contributed by atoms with van der Waals surface area (Å²) < 4.78 is 0. The second-order valence-electron chi connectivity index (χ2n) is 10.0. The Hall–Kier alpha value is -3.22. The van der Waals surface area contributed by atoms with Gasteiger partial charge in [-0.05, 0) is 0 Å². The van der Waals surface area contributed by atoms with Gasteiger partial charge in [0.1, 0.15) is 0 Å². The normalized spacial score (nSPS) is 15.2. The van der Waals surface area contributed by atoms with Crippen LogP contribution in [0.3, 0.4) is 0 Å². The Morgan fingerprint density at radius 2 is 1.09 bits per heavy atom. The van der Waals surface area contributed by atoms with E-state index in [0.717, 1.165) is 36.1 Å². The zero-order valence-electron chi connectivity index (χ0n) is 20.8. The molecule has 35 heavy (non-hydrogen) atoms. The van der Waals surface area contributed by atoms with Gasteiger partial charge < -0.3 is 0 Å². The zero-order valence-corrected chi connectivity index (χ0v) is 21.8. The number of carbonyl (C=O) groups excluding carboxylic acids is 1. The van der Waals surface area contributed by atoms with E-state index in [1.165, 1.54) is 21.5 Å². The molecule has 0 aliphatic heterocycles. The van der Waals surface area contributed by atoms with E-state index in [2.05, 4.69) is 129 Å². The van der Waals surface area contributed by atoms with Crippen LogP contribution in [0, 0.1) is 20.8 Å². The van der Waals surface area contributed by atoms with Crippen molar-refractivity contribution in [2.24, 2.45) is 0 Å².